The van der Waals surface area contributed by atoms with Gasteiger partial charge >= 0.3 is 5.97 Å². The van der Waals surface area contributed by atoms with Crippen LogP contribution in [0.5, 0.6) is 0 Å². The van der Waals surface area contributed by atoms with Crippen LogP contribution in [-0.4, -0.2) is 42.6 Å². The molecule has 0 bridgehead atoms. The molecule has 0 spiro atoms. The summed E-state index contributed by atoms with van der Waals surface area (Å²) in [6.07, 6.45) is 1.07. The van der Waals surface area contributed by atoms with Gasteiger partial charge in [-0.15, -0.1) is 0 Å². The summed E-state index contributed by atoms with van der Waals surface area (Å²) >= 11 is 5.91. The second-order valence-corrected chi connectivity index (χ2v) is 7.58. The Labute approximate surface area is 155 Å². The number of benzene rings is 1. The molecule has 2 rings (SSSR count). The second kappa shape index (κ2) is 8.24. The lowest BCUT2D eigenvalue weighted by molar-refractivity contribution is 0.0526. The largest absolute Gasteiger partial charge is 0.462 e. The summed E-state index contributed by atoms with van der Waals surface area (Å²) in [5.41, 5.74) is 0.446. The van der Waals surface area contributed by atoms with E-state index in [4.69, 9.17) is 16.3 Å². The number of nitrogens with zero attached hydrogens (tertiary/aromatic N) is 2. The highest BCUT2D eigenvalue weighted by Crippen LogP contribution is 2.18. The third kappa shape index (κ3) is 4.55. The van der Waals surface area contributed by atoms with Crippen molar-refractivity contribution in [3.8, 4) is 0 Å². The van der Waals surface area contributed by atoms with Crippen molar-refractivity contribution >= 4 is 39.0 Å². The van der Waals surface area contributed by atoms with Crippen molar-refractivity contribution in [3.63, 3.8) is 0 Å². The van der Waals surface area contributed by atoms with E-state index in [2.05, 4.69) is 15.3 Å². The predicted octanol–water partition coefficient (Wildman–Crippen LogP) is 2.35. The lowest BCUT2D eigenvalue weighted by Crippen LogP contribution is -2.18. The number of carbonyl (C=O) groups excluding carboxylic acids is 2. The van der Waals surface area contributed by atoms with Crippen LogP contribution in [0.4, 0.5) is 5.69 Å². The Morgan fingerprint density at radius 3 is 2.42 bits per heavy atom. The highest BCUT2D eigenvalue weighted by atomic mass is 35.5. The van der Waals surface area contributed by atoms with Crippen LogP contribution in [0.1, 0.15) is 34.7 Å². The van der Waals surface area contributed by atoms with Gasteiger partial charge in [0.1, 0.15) is 0 Å². The first kappa shape index (κ1) is 19.8. The topological polar surface area (TPSA) is 115 Å². The van der Waals surface area contributed by atoms with Crippen LogP contribution in [0, 0.1) is 0 Å². The normalized spacial score (nSPS) is 11.0. The van der Waals surface area contributed by atoms with Crippen molar-refractivity contribution in [3.05, 3.63) is 46.7 Å². The van der Waals surface area contributed by atoms with E-state index in [1.165, 1.54) is 31.2 Å². The first-order valence-corrected chi connectivity index (χ1v) is 9.65. The molecule has 1 amide bonds. The van der Waals surface area contributed by atoms with Crippen LogP contribution in [0.2, 0.25) is 5.02 Å². The summed E-state index contributed by atoms with van der Waals surface area (Å²) < 4.78 is 28.6. The van der Waals surface area contributed by atoms with Gasteiger partial charge in [0.2, 0.25) is 15.0 Å². The Morgan fingerprint density at radius 1 is 1.19 bits per heavy atom. The summed E-state index contributed by atoms with van der Waals surface area (Å²) in [6, 6.07) is 5.98. The second-order valence-electron chi connectivity index (χ2n) is 5.00. The summed E-state index contributed by atoms with van der Waals surface area (Å²) in [4.78, 5) is 31.4. The molecule has 0 aliphatic rings. The first-order valence-electron chi connectivity index (χ1n) is 7.62. The molecule has 0 saturated carbocycles. The van der Waals surface area contributed by atoms with Crippen molar-refractivity contribution in [1.29, 1.82) is 0 Å². The maximum atomic E-state index is 12.4. The summed E-state index contributed by atoms with van der Waals surface area (Å²) in [6.45, 7) is 3.40. The molecular weight excluding hydrogens is 382 g/mol. The average molecular weight is 398 g/mol. The van der Waals surface area contributed by atoms with E-state index in [1.807, 2.05) is 0 Å². The van der Waals surface area contributed by atoms with E-state index in [-0.39, 0.29) is 23.1 Å². The maximum absolute atomic E-state index is 12.4. The zero-order chi connectivity index (χ0) is 19.3. The van der Waals surface area contributed by atoms with Crippen LogP contribution in [0.3, 0.4) is 0 Å². The van der Waals surface area contributed by atoms with E-state index in [0.717, 1.165) is 6.20 Å². The number of rotatable bonds is 6. The molecule has 0 unspecified atom stereocenters. The fourth-order valence-corrected chi connectivity index (χ4v) is 2.76. The summed E-state index contributed by atoms with van der Waals surface area (Å²) in [5, 5.41) is 1.99. The Bertz CT molecular complexity index is 929. The lowest BCUT2D eigenvalue weighted by atomic mass is 10.2. The Morgan fingerprint density at radius 2 is 1.85 bits per heavy atom. The van der Waals surface area contributed by atoms with Gasteiger partial charge in [-0.1, -0.05) is 18.5 Å². The molecule has 26 heavy (non-hydrogen) atoms. The minimum Gasteiger partial charge on any atom is -0.462 e. The zero-order valence-electron chi connectivity index (χ0n) is 14.0. The molecule has 0 radical (unpaired) electrons. The van der Waals surface area contributed by atoms with Crippen LogP contribution < -0.4 is 5.32 Å². The number of aromatic nitrogens is 2. The molecule has 0 saturated heterocycles. The molecule has 2 aromatic rings. The fraction of sp³-hybridized carbons (Fsp3) is 0.250. The number of amides is 1. The number of halogens is 1. The number of nitrogens with one attached hydrogen (secondary N) is 1. The smallest absolute Gasteiger partial charge is 0.338 e. The third-order valence-corrected chi connectivity index (χ3v) is 5.04. The van der Waals surface area contributed by atoms with Gasteiger partial charge in [-0.25, -0.2) is 23.2 Å². The molecule has 0 fully saturated rings. The standard InChI is InChI=1S/C16H16ClN3O5S/c1-3-25-15(22)10-5-7-11(8-6-10)19-14(21)13-12(17)9-18-16(20-13)26(23,24)4-2/h5-9H,3-4H2,1-2H3,(H,19,21). The maximum Gasteiger partial charge on any atom is 0.338 e. The molecule has 138 valence electrons. The van der Waals surface area contributed by atoms with Gasteiger partial charge in [-0.3, -0.25) is 4.79 Å². The number of hydrogen-bond donors (Lipinski definition) is 1. The third-order valence-electron chi connectivity index (χ3n) is 3.25. The molecule has 1 aromatic heterocycles. The van der Waals surface area contributed by atoms with Gasteiger partial charge < -0.3 is 10.1 Å². The van der Waals surface area contributed by atoms with Crippen LogP contribution in [-0.2, 0) is 14.6 Å². The highest BCUT2D eigenvalue weighted by molar-refractivity contribution is 7.91. The summed E-state index contributed by atoms with van der Waals surface area (Å²) in [7, 11) is -3.68. The number of carbonyl (C=O) groups is 2. The molecule has 1 heterocycles. The number of esters is 1. The monoisotopic (exact) mass is 397 g/mol. The van der Waals surface area contributed by atoms with Gasteiger partial charge in [0.15, 0.2) is 5.69 Å². The molecule has 0 aliphatic carbocycles. The van der Waals surface area contributed by atoms with Gasteiger partial charge in [0, 0.05) is 5.69 Å². The molecule has 0 aliphatic heterocycles. The van der Waals surface area contributed by atoms with Crippen molar-refractivity contribution in [2.75, 3.05) is 17.7 Å². The number of sulfone groups is 1. The minimum atomic E-state index is -3.68. The van der Waals surface area contributed by atoms with E-state index < -0.39 is 26.9 Å². The Kier molecular flexibility index (Phi) is 6.27. The highest BCUT2D eigenvalue weighted by Gasteiger charge is 2.21. The average Bonchev–Trinajstić information content (AvgIpc) is 2.62. The van der Waals surface area contributed by atoms with Gasteiger partial charge in [-0.2, -0.15) is 0 Å². The van der Waals surface area contributed by atoms with Crippen LogP contribution in [0.25, 0.3) is 0 Å². The molecule has 1 aromatic carbocycles. The summed E-state index contributed by atoms with van der Waals surface area (Å²) in [5.74, 6) is -1.38. The zero-order valence-corrected chi connectivity index (χ0v) is 15.6. The minimum absolute atomic E-state index is 0.0827. The molecule has 8 nitrogen and oxygen atoms in total. The Hall–Kier alpha value is -2.52. The van der Waals surface area contributed by atoms with E-state index in [0.29, 0.717) is 11.3 Å². The van der Waals surface area contributed by atoms with E-state index in [1.54, 1.807) is 6.92 Å². The molecule has 10 heteroatoms. The van der Waals surface area contributed by atoms with Crippen LogP contribution in [0.15, 0.2) is 35.6 Å². The van der Waals surface area contributed by atoms with Crippen molar-refractivity contribution in [2.45, 2.75) is 19.0 Å². The fourth-order valence-electron chi connectivity index (χ4n) is 1.88. The molecule has 0 atom stereocenters. The van der Waals surface area contributed by atoms with Crippen molar-refractivity contribution in [2.24, 2.45) is 0 Å². The predicted molar refractivity (Wildman–Crippen MR) is 95.1 cm³/mol. The number of ether oxygens (including phenoxy) is 1. The first-order chi connectivity index (χ1) is 12.3. The van der Waals surface area contributed by atoms with Crippen LogP contribution >= 0.6 is 11.6 Å². The Balaban J connectivity index is 2.22. The van der Waals surface area contributed by atoms with Gasteiger partial charge in [-0.05, 0) is 31.2 Å². The van der Waals surface area contributed by atoms with Crippen molar-refractivity contribution in [1.82, 2.24) is 9.97 Å². The quantitative estimate of drug-likeness (QED) is 0.587. The molecular formula is C16H16ClN3O5S. The number of hydrogen-bond acceptors (Lipinski definition) is 7. The SMILES string of the molecule is CCOC(=O)c1ccc(NC(=O)c2nc(S(=O)(=O)CC)ncc2Cl)cc1. The van der Waals surface area contributed by atoms with E-state index in [9.17, 15) is 18.0 Å². The molecule has 1 N–H and O–H groups in total. The van der Waals surface area contributed by atoms with Crippen molar-refractivity contribution < 1.29 is 22.7 Å². The van der Waals surface area contributed by atoms with Gasteiger partial charge in [0.05, 0.1) is 29.1 Å². The van der Waals surface area contributed by atoms with Gasteiger partial charge in [0.25, 0.3) is 5.91 Å². The van der Waals surface area contributed by atoms with E-state index >= 15 is 0 Å². The lowest BCUT2D eigenvalue weighted by Gasteiger charge is -2.08. The number of anilines is 1.